The molecule has 0 saturated heterocycles. The van der Waals surface area contributed by atoms with Crippen molar-refractivity contribution in [2.75, 3.05) is 10.6 Å². The lowest BCUT2D eigenvalue weighted by Gasteiger charge is -2.37. The summed E-state index contributed by atoms with van der Waals surface area (Å²) >= 11 is 0. The van der Waals surface area contributed by atoms with E-state index in [0.717, 1.165) is 31.9 Å². The van der Waals surface area contributed by atoms with E-state index in [9.17, 15) is 13.2 Å². The van der Waals surface area contributed by atoms with Crippen LogP contribution in [0.25, 0.3) is 11.1 Å². The molecule has 0 aliphatic heterocycles. The van der Waals surface area contributed by atoms with Crippen LogP contribution in [0.5, 0.6) is 0 Å². The Balaban J connectivity index is 0.000000983. The number of rotatable bonds is 7. The summed E-state index contributed by atoms with van der Waals surface area (Å²) in [5, 5.41) is 26.9. The third-order valence-corrected chi connectivity index (χ3v) is 7.32. The second-order valence-electron chi connectivity index (χ2n) is 9.35. The van der Waals surface area contributed by atoms with Crippen molar-refractivity contribution in [1.82, 2.24) is 0 Å². The Bertz CT molecular complexity index is 1450. The van der Waals surface area contributed by atoms with Crippen LogP contribution < -0.4 is 21.5 Å². The predicted octanol–water partition coefficient (Wildman–Crippen LogP) is 4.13. The Morgan fingerprint density at radius 1 is 0.923 bits per heavy atom. The van der Waals surface area contributed by atoms with Crippen molar-refractivity contribution in [3.8, 4) is 11.1 Å². The molecule has 0 atom stereocenters. The Labute approximate surface area is 228 Å². The molecule has 0 unspecified atom stereocenters. The van der Waals surface area contributed by atoms with Crippen LogP contribution in [0.2, 0.25) is 0 Å². The quantitative estimate of drug-likeness (QED) is 0.188. The minimum absolute atomic E-state index is 0.0279. The number of aliphatic carboxylic acids is 1. The normalized spacial score (nSPS) is 14.3. The molecule has 4 rings (SSSR count). The number of nitrogen functional groups attached to an aromatic ring is 1. The fourth-order valence-electron chi connectivity index (χ4n) is 4.54. The molecule has 0 spiro atoms. The molecule has 3 aromatic rings. The highest BCUT2D eigenvalue weighted by Crippen LogP contribution is 2.34. The zero-order valence-corrected chi connectivity index (χ0v) is 22.4. The number of carbonyl (C=O) groups is 2. The van der Waals surface area contributed by atoms with Crippen molar-refractivity contribution in [1.29, 1.82) is 5.41 Å². The fraction of sp³-hybridized carbons (Fsp3) is 0.250. The SMILES string of the molecule is CC(=O)O.N=C(N)c1cccc(NC2(C(=O)Nc3ccc(-c4ccccc4S(N)(=O)=O)cc3)CCCCC2)c1. The van der Waals surface area contributed by atoms with Gasteiger partial charge >= 0.3 is 0 Å². The molecule has 11 heteroatoms. The van der Waals surface area contributed by atoms with Crippen LogP contribution in [-0.2, 0) is 19.6 Å². The molecule has 1 saturated carbocycles. The van der Waals surface area contributed by atoms with Gasteiger partial charge < -0.3 is 21.5 Å². The summed E-state index contributed by atoms with van der Waals surface area (Å²) in [6.45, 7) is 1.08. The lowest BCUT2D eigenvalue weighted by molar-refractivity contribution is -0.134. The smallest absolute Gasteiger partial charge is 0.300 e. The standard InChI is InChI=1S/C26H29N5O3S.C2H4O2/c27-24(28)19-7-6-8-21(17-19)31-26(15-4-1-5-16-26)25(32)30-20-13-11-18(12-14-20)22-9-2-3-10-23(22)35(29,33)34;1-2(3)4/h2-3,6-14,17,31H,1,4-5,15-16H2,(H3,27,28)(H,30,32)(H2,29,33,34);1H3,(H,3,4). The van der Waals surface area contributed by atoms with Crippen LogP contribution in [0.3, 0.4) is 0 Å². The summed E-state index contributed by atoms with van der Waals surface area (Å²) in [5.74, 6) is -0.997. The van der Waals surface area contributed by atoms with Crippen molar-refractivity contribution in [2.45, 2.75) is 49.5 Å². The maximum absolute atomic E-state index is 13.5. The van der Waals surface area contributed by atoms with E-state index in [0.29, 0.717) is 35.2 Å². The Kier molecular flexibility index (Phi) is 9.44. The number of hydrogen-bond acceptors (Lipinski definition) is 6. The largest absolute Gasteiger partial charge is 0.481 e. The molecule has 3 aromatic carbocycles. The first-order valence-corrected chi connectivity index (χ1v) is 13.9. The summed E-state index contributed by atoms with van der Waals surface area (Å²) in [6.07, 6.45) is 4.29. The number of hydrogen-bond donors (Lipinski definition) is 6. The second kappa shape index (κ2) is 12.5. The Morgan fingerprint density at radius 3 is 2.13 bits per heavy atom. The summed E-state index contributed by atoms with van der Waals surface area (Å²) in [5.41, 5.74) is 7.97. The maximum atomic E-state index is 13.5. The van der Waals surface area contributed by atoms with Gasteiger partial charge in [-0.05, 0) is 48.7 Å². The Morgan fingerprint density at radius 2 is 1.54 bits per heavy atom. The number of amidine groups is 1. The molecule has 1 amide bonds. The lowest BCUT2D eigenvalue weighted by Crippen LogP contribution is -2.51. The summed E-state index contributed by atoms with van der Waals surface area (Å²) in [6, 6.07) is 20.8. The van der Waals surface area contributed by atoms with Gasteiger partial charge in [-0.2, -0.15) is 0 Å². The molecule has 39 heavy (non-hydrogen) atoms. The van der Waals surface area contributed by atoms with Gasteiger partial charge in [-0.25, -0.2) is 13.6 Å². The van der Waals surface area contributed by atoms with Gasteiger partial charge in [0.1, 0.15) is 11.4 Å². The summed E-state index contributed by atoms with van der Waals surface area (Å²) < 4.78 is 23.9. The van der Waals surface area contributed by atoms with E-state index < -0.39 is 21.5 Å². The molecular weight excluding hydrogens is 518 g/mol. The third-order valence-electron chi connectivity index (χ3n) is 6.35. The highest BCUT2D eigenvalue weighted by Gasteiger charge is 2.39. The highest BCUT2D eigenvalue weighted by molar-refractivity contribution is 7.89. The van der Waals surface area contributed by atoms with Gasteiger partial charge in [-0.3, -0.25) is 15.0 Å². The molecule has 1 aliphatic carbocycles. The van der Waals surface area contributed by atoms with Gasteiger partial charge in [0.25, 0.3) is 5.97 Å². The van der Waals surface area contributed by atoms with Crippen molar-refractivity contribution in [2.24, 2.45) is 10.9 Å². The minimum Gasteiger partial charge on any atom is -0.481 e. The number of benzene rings is 3. The zero-order chi connectivity index (χ0) is 28.6. The van der Waals surface area contributed by atoms with Crippen LogP contribution in [0, 0.1) is 5.41 Å². The number of primary sulfonamides is 1. The van der Waals surface area contributed by atoms with Gasteiger partial charge in [0.2, 0.25) is 15.9 Å². The number of carboxylic acid groups (broad SMARTS) is 1. The van der Waals surface area contributed by atoms with E-state index in [1.54, 1.807) is 54.6 Å². The maximum Gasteiger partial charge on any atom is 0.300 e. The van der Waals surface area contributed by atoms with Crippen LogP contribution in [0.15, 0.2) is 77.7 Å². The first-order valence-electron chi connectivity index (χ1n) is 12.4. The number of nitrogens with one attached hydrogen (secondary N) is 3. The number of amides is 1. The molecule has 8 N–H and O–H groups in total. The van der Waals surface area contributed by atoms with Crippen molar-refractivity contribution >= 4 is 39.1 Å². The number of anilines is 2. The lowest BCUT2D eigenvalue weighted by atomic mass is 9.80. The zero-order valence-electron chi connectivity index (χ0n) is 21.6. The molecule has 1 aliphatic rings. The number of sulfonamides is 1. The second-order valence-corrected chi connectivity index (χ2v) is 10.9. The number of nitrogens with two attached hydrogens (primary N) is 2. The minimum atomic E-state index is -3.87. The third kappa shape index (κ3) is 7.88. The van der Waals surface area contributed by atoms with Crippen molar-refractivity contribution in [3.05, 3.63) is 78.4 Å². The van der Waals surface area contributed by atoms with E-state index in [4.69, 9.17) is 26.2 Å². The highest BCUT2D eigenvalue weighted by atomic mass is 32.2. The first kappa shape index (κ1) is 29.3. The average Bonchev–Trinajstić information content (AvgIpc) is 2.89. The van der Waals surface area contributed by atoms with Crippen LogP contribution in [-0.4, -0.2) is 36.8 Å². The molecular formula is C28H33N5O5S. The van der Waals surface area contributed by atoms with Gasteiger partial charge in [-0.15, -0.1) is 0 Å². The first-order chi connectivity index (χ1) is 18.4. The molecule has 1 fully saturated rings. The fourth-order valence-corrected chi connectivity index (χ4v) is 5.30. The Hall–Kier alpha value is -4.22. The van der Waals surface area contributed by atoms with Crippen molar-refractivity contribution < 1.29 is 23.1 Å². The summed E-state index contributed by atoms with van der Waals surface area (Å²) in [4.78, 5) is 22.6. The van der Waals surface area contributed by atoms with Crippen LogP contribution in [0.1, 0.15) is 44.6 Å². The van der Waals surface area contributed by atoms with Gasteiger partial charge in [0, 0.05) is 29.4 Å². The number of carboxylic acids is 1. The molecule has 10 nitrogen and oxygen atoms in total. The number of carbonyl (C=O) groups excluding carboxylic acids is 1. The van der Waals surface area contributed by atoms with Crippen molar-refractivity contribution in [3.63, 3.8) is 0 Å². The van der Waals surface area contributed by atoms with Crippen LogP contribution >= 0.6 is 0 Å². The molecule has 0 heterocycles. The molecule has 0 bridgehead atoms. The summed E-state index contributed by atoms with van der Waals surface area (Å²) in [7, 11) is -3.87. The van der Waals surface area contributed by atoms with Gasteiger partial charge in [0.15, 0.2) is 0 Å². The molecule has 0 aromatic heterocycles. The molecule has 0 radical (unpaired) electrons. The predicted molar refractivity (Wildman–Crippen MR) is 152 cm³/mol. The van der Waals surface area contributed by atoms with E-state index >= 15 is 0 Å². The van der Waals surface area contributed by atoms with E-state index in [1.165, 1.54) is 6.07 Å². The van der Waals surface area contributed by atoms with E-state index in [-0.39, 0.29) is 16.6 Å². The van der Waals surface area contributed by atoms with Crippen LogP contribution in [0.4, 0.5) is 11.4 Å². The molecule has 206 valence electrons. The van der Waals surface area contributed by atoms with Gasteiger partial charge in [0.05, 0.1) is 4.90 Å². The topological polar surface area (TPSA) is 188 Å². The van der Waals surface area contributed by atoms with E-state index in [1.807, 2.05) is 12.1 Å². The average molecular weight is 552 g/mol. The van der Waals surface area contributed by atoms with E-state index in [2.05, 4.69) is 10.6 Å². The van der Waals surface area contributed by atoms with Gasteiger partial charge in [-0.1, -0.05) is 61.7 Å². The monoisotopic (exact) mass is 551 g/mol.